The summed E-state index contributed by atoms with van der Waals surface area (Å²) in [6.45, 7) is 1.97. The summed E-state index contributed by atoms with van der Waals surface area (Å²) >= 11 is 0. The van der Waals surface area contributed by atoms with Crippen LogP contribution in [0.1, 0.15) is 29.4 Å². The molecule has 0 fully saturated rings. The van der Waals surface area contributed by atoms with E-state index < -0.39 is 4.92 Å². The molecule has 4 aromatic rings. The topological polar surface area (TPSA) is 99.3 Å². The van der Waals surface area contributed by atoms with Crippen LogP contribution < -0.4 is 10.1 Å². The van der Waals surface area contributed by atoms with Gasteiger partial charge in [-0.3, -0.25) is 14.9 Å². The largest absolute Gasteiger partial charge is 0.497 e. The normalized spacial score (nSPS) is 11.6. The van der Waals surface area contributed by atoms with Gasteiger partial charge in [-0.15, -0.1) is 0 Å². The highest BCUT2D eigenvalue weighted by Gasteiger charge is 2.20. The number of nitrogens with zero attached hydrogens (tertiary/aromatic N) is 3. The zero-order chi connectivity index (χ0) is 24.8. The standard InChI is InChI=1S/C27H26N4O4/c1-19(8-9-20-6-4-3-5-7-20)28-27(32)26-18-25(21-10-16-24(35-2)17-11-21)29-30(26)22-12-14-23(15-13-22)31(33)34/h3-7,10-19H,8-9H2,1-2H3,(H,28,32). The first kappa shape index (κ1) is 23.7. The number of nitro benzene ring substituents is 1. The highest BCUT2D eigenvalue weighted by atomic mass is 16.6. The molecule has 0 saturated heterocycles. The number of benzene rings is 3. The summed E-state index contributed by atoms with van der Waals surface area (Å²) in [6, 6.07) is 25.1. The number of amides is 1. The lowest BCUT2D eigenvalue weighted by Crippen LogP contribution is -2.34. The van der Waals surface area contributed by atoms with Gasteiger partial charge in [-0.05, 0) is 67.8 Å². The Morgan fingerprint density at radius 2 is 1.74 bits per heavy atom. The van der Waals surface area contributed by atoms with Crippen molar-refractivity contribution in [3.63, 3.8) is 0 Å². The molecular weight excluding hydrogens is 444 g/mol. The third-order valence-electron chi connectivity index (χ3n) is 5.72. The Morgan fingerprint density at radius 3 is 2.37 bits per heavy atom. The molecule has 0 bridgehead atoms. The third-order valence-corrected chi connectivity index (χ3v) is 5.72. The number of hydrogen-bond acceptors (Lipinski definition) is 5. The molecule has 1 heterocycles. The highest BCUT2D eigenvalue weighted by Crippen LogP contribution is 2.25. The van der Waals surface area contributed by atoms with Crippen molar-refractivity contribution in [2.45, 2.75) is 25.8 Å². The predicted octanol–water partition coefficient (Wildman–Crippen LogP) is 5.21. The molecule has 3 aromatic carbocycles. The van der Waals surface area contributed by atoms with Crippen LogP contribution in [0.4, 0.5) is 5.69 Å². The Hall–Kier alpha value is -4.46. The van der Waals surface area contributed by atoms with Crippen LogP contribution in [0.25, 0.3) is 16.9 Å². The number of carbonyl (C=O) groups is 1. The van der Waals surface area contributed by atoms with Crippen LogP contribution in [0, 0.1) is 10.1 Å². The average molecular weight is 471 g/mol. The van der Waals surface area contributed by atoms with Crippen LogP contribution in [0.5, 0.6) is 5.75 Å². The molecule has 0 saturated carbocycles. The minimum Gasteiger partial charge on any atom is -0.497 e. The lowest BCUT2D eigenvalue weighted by molar-refractivity contribution is -0.384. The van der Waals surface area contributed by atoms with Gasteiger partial charge in [0.2, 0.25) is 0 Å². The van der Waals surface area contributed by atoms with Crippen molar-refractivity contribution < 1.29 is 14.5 Å². The second kappa shape index (κ2) is 10.6. The maximum atomic E-state index is 13.3. The summed E-state index contributed by atoms with van der Waals surface area (Å²) < 4.78 is 6.74. The average Bonchev–Trinajstić information content (AvgIpc) is 3.34. The lowest BCUT2D eigenvalue weighted by atomic mass is 10.1. The number of ether oxygens (including phenoxy) is 1. The van der Waals surface area contributed by atoms with E-state index >= 15 is 0 Å². The van der Waals surface area contributed by atoms with Crippen molar-refractivity contribution in [3.05, 3.63) is 106 Å². The van der Waals surface area contributed by atoms with Gasteiger partial charge in [0.25, 0.3) is 11.6 Å². The van der Waals surface area contributed by atoms with E-state index in [-0.39, 0.29) is 17.6 Å². The zero-order valence-electron chi connectivity index (χ0n) is 19.5. The van der Waals surface area contributed by atoms with Crippen molar-refractivity contribution in [2.75, 3.05) is 7.11 Å². The fourth-order valence-corrected chi connectivity index (χ4v) is 3.76. The first-order chi connectivity index (χ1) is 16.9. The van der Waals surface area contributed by atoms with Gasteiger partial charge in [0, 0.05) is 23.7 Å². The van der Waals surface area contributed by atoms with Crippen LogP contribution in [0.2, 0.25) is 0 Å². The van der Waals surface area contributed by atoms with Crippen LogP contribution >= 0.6 is 0 Å². The lowest BCUT2D eigenvalue weighted by Gasteiger charge is -2.14. The van der Waals surface area contributed by atoms with E-state index in [0.29, 0.717) is 22.8 Å². The molecule has 0 aliphatic carbocycles. The SMILES string of the molecule is COc1ccc(-c2cc(C(=O)NC(C)CCc3ccccc3)n(-c3ccc([N+](=O)[O-])cc3)n2)cc1. The molecule has 1 unspecified atom stereocenters. The molecule has 8 heteroatoms. The maximum absolute atomic E-state index is 13.3. The number of methoxy groups -OCH3 is 1. The Morgan fingerprint density at radius 1 is 1.06 bits per heavy atom. The summed E-state index contributed by atoms with van der Waals surface area (Å²) in [5.41, 5.74) is 3.50. The molecule has 178 valence electrons. The van der Waals surface area contributed by atoms with E-state index in [1.165, 1.54) is 22.4 Å². The van der Waals surface area contributed by atoms with Crippen LogP contribution in [0.15, 0.2) is 84.9 Å². The maximum Gasteiger partial charge on any atom is 0.270 e. The number of non-ortho nitro benzene ring substituents is 1. The molecule has 8 nitrogen and oxygen atoms in total. The highest BCUT2D eigenvalue weighted by molar-refractivity contribution is 5.94. The summed E-state index contributed by atoms with van der Waals surface area (Å²) in [7, 11) is 1.60. The number of rotatable bonds is 9. The third kappa shape index (κ3) is 5.73. The number of hydrogen-bond donors (Lipinski definition) is 1. The summed E-state index contributed by atoms with van der Waals surface area (Å²) in [6.07, 6.45) is 1.63. The van der Waals surface area contributed by atoms with Gasteiger partial charge in [0.05, 0.1) is 23.4 Å². The van der Waals surface area contributed by atoms with Gasteiger partial charge in [0.1, 0.15) is 11.4 Å². The van der Waals surface area contributed by atoms with Crippen molar-refractivity contribution in [2.24, 2.45) is 0 Å². The van der Waals surface area contributed by atoms with E-state index in [4.69, 9.17) is 4.74 Å². The monoisotopic (exact) mass is 470 g/mol. The molecule has 1 atom stereocenters. The smallest absolute Gasteiger partial charge is 0.270 e. The summed E-state index contributed by atoms with van der Waals surface area (Å²) in [5.74, 6) is 0.449. The van der Waals surface area contributed by atoms with E-state index in [0.717, 1.165) is 18.4 Å². The molecule has 1 N–H and O–H groups in total. The predicted molar refractivity (Wildman–Crippen MR) is 134 cm³/mol. The zero-order valence-corrected chi connectivity index (χ0v) is 19.5. The molecule has 1 amide bonds. The Bertz CT molecular complexity index is 1300. The second-order valence-corrected chi connectivity index (χ2v) is 8.23. The van der Waals surface area contributed by atoms with Gasteiger partial charge >= 0.3 is 0 Å². The first-order valence-electron chi connectivity index (χ1n) is 11.3. The summed E-state index contributed by atoms with van der Waals surface area (Å²) in [5, 5.41) is 18.8. The van der Waals surface area contributed by atoms with Crippen molar-refractivity contribution in [1.82, 2.24) is 15.1 Å². The van der Waals surface area contributed by atoms with Crippen LogP contribution in [-0.2, 0) is 6.42 Å². The molecule has 0 aliphatic heterocycles. The van der Waals surface area contributed by atoms with E-state index in [1.807, 2.05) is 49.4 Å². The second-order valence-electron chi connectivity index (χ2n) is 8.23. The van der Waals surface area contributed by atoms with Gasteiger partial charge < -0.3 is 10.1 Å². The quantitative estimate of drug-likeness (QED) is 0.267. The van der Waals surface area contributed by atoms with Gasteiger partial charge in [-0.25, -0.2) is 4.68 Å². The van der Waals surface area contributed by atoms with Crippen molar-refractivity contribution in [1.29, 1.82) is 0 Å². The van der Waals surface area contributed by atoms with Gasteiger partial charge in [0.15, 0.2) is 0 Å². The summed E-state index contributed by atoms with van der Waals surface area (Å²) in [4.78, 5) is 23.9. The van der Waals surface area contributed by atoms with Crippen LogP contribution in [0.3, 0.4) is 0 Å². The molecule has 1 aromatic heterocycles. The Labute approximate surface area is 203 Å². The van der Waals surface area contributed by atoms with E-state index in [2.05, 4.69) is 22.5 Å². The van der Waals surface area contributed by atoms with Crippen molar-refractivity contribution >= 4 is 11.6 Å². The number of nitrogens with one attached hydrogen (secondary N) is 1. The minimum atomic E-state index is -0.461. The Balaban J connectivity index is 1.60. The fraction of sp³-hybridized carbons (Fsp3) is 0.185. The van der Waals surface area contributed by atoms with Gasteiger partial charge in [-0.2, -0.15) is 5.10 Å². The molecule has 0 spiro atoms. The van der Waals surface area contributed by atoms with Crippen molar-refractivity contribution in [3.8, 4) is 22.7 Å². The van der Waals surface area contributed by atoms with Gasteiger partial charge in [-0.1, -0.05) is 30.3 Å². The first-order valence-corrected chi connectivity index (χ1v) is 11.3. The molecule has 0 radical (unpaired) electrons. The van der Waals surface area contributed by atoms with E-state index in [1.54, 1.807) is 25.3 Å². The number of nitro groups is 1. The fourth-order valence-electron chi connectivity index (χ4n) is 3.76. The number of aryl methyl sites for hydroxylation is 1. The van der Waals surface area contributed by atoms with Crippen LogP contribution in [-0.4, -0.2) is 33.8 Å². The Kier molecular flexibility index (Phi) is 7.21. The minimum absolute atomic E-state index is 0.0307. The molecule has 35 heavy (non-hydrogen) atoms. The molecular formula is C27H26N4O4. The molecule has 0 aliphatic rings. The number of carbonyl (C=O) groups excluding carboxylic acids is 1. The van der Waals surface area contributed by atoms with E-state index in [9.17, 15) is 14.9 Å². The molecule has 4 rings (SSSR count). The number of aromatic nitrogens is 2.